The first-order valence-electron chi connectivity index (χ1n) is 5.74. The predicted molar refractivity (Wildman–Crippen MR) is 70.0 cm³/mol. The Morgan fingerprint density at radius 1 is 1.50 bits per heavy atom. The van der Waals surface area contributed by atoms with Gasteiger partial charge in [0, 0.05) is 12.2 Å². The third-order valence-electron chi connectivity index (χ3n) is 2.34. The Kier molecular flexibility index (Phi) is 5.77. The van der Waals surface area contributed by atoms with Crippen LogP contribution in [0.3, 0.4) is 0 Å². The van der Waals surface area contributed by atoms with E-state index in [2.05, 4.69) is 5.32 Å². The van der Waals surface area contributed by atoms with Crippen molar-refractivity contribution in [3.63, 3.8) is 0 Å². The van der Waals surface area contributed by atoms with Crippen LogP contribution in [0.15, 0.2) is 23.1 Å². The summed E-state index contributed by atoms with van der Waals surface area (Å²) in [6, 6.07) is 3.64. The Balaban J connectivity index is 2.59. The average molecular weight is 272 g/mol. The molecule has 3 N–H and O–H groups in total. The summed E-state index contributed by atoms with van der Waals surface area (Å²) in [7, 11) is -1.62. The molecule has 1 aromatic rings. The van der Waals surface area contributed by atoms with Crippen molar-refractivity contribution in [3.05, 3.63) is 24.0 Å². The van der Waals surface area contributed by atoms with Gasteiger partial charge in [0.25, 0.3) is 0 Å². The van der Waals surface area contributed by atoms with Crippen LogP contribution >= 0.6 is 0 Å². The summed E-state index contributed by atoms with van der Waals surface area (Å²) in [5, 5.41) is 2.65. The van der Waals surface area contributed by atoms with Gasteiger partial charge in [-0.2, -0.15) is 0 Å². The maximum absolute atomic E-state index is 13.0. The molecule has 0 fully saturated rings. The molecule has 18 heavy (non-hydrogen) atoms. The Labute approximate surface area is 108 Å². The molecule has 4 nitrogen and oxygen atoms in total. The number of halogens is 1. The van der Waals surface area contributed by atoms with Gasteiger partial charge in [0.2, 0.25) is 5.91 Å². The first-order valence-corrected chi connectivity index (χ1v) is 7.06. The lowest BCUT2D eigenvalue weighted by Crippen LogP contribution is -2.29. The number of carbonyl (C=O) groups is 1. The fourth-order valence-corrected chi connectivity index (χ4v) is 2.43. The molecule has 6 heteroatoms. The lowest BCUT2D eigenvalue weighted by atomic mass is 10.3. The maximum Gasteiger partial charge on any atom is 0.233 e. The summed E-state index contributed by atoms with van der Waals surface area (Å²) < 4.78 is 24.9. The van der Waals surface area contributed by atoms with Crippen LogP contribution in [-0.2, 0) is 15.6 Å². The minimum Gasteiger partial charge on any atom is -0.398 e. The van der Waals surface area contributed by atoms with Crippen molar-refractivity contribution in [1.82, 2.24) is 5.32 Å². The van der Waals surface area contributed by atoms with E-state index in [0.717, 1.165) is 18.9 Å². The standard InChI is InChI=1S/C12H17FN2O2S/c1-2-3-6-15-12(16)8-18(17)11-7-9(13)4-5-10(11)14/h4-5,7H,2-3,6,8,14H2,1H3,(H,15,16). The third kappa shape index (κ3) is 4.44. The quantitative estimate of drug-likeness (QED) is 0.608. The highest BCUT2D eigenvalue weighted by Gasteiger charge is 2.13. The third-order valence-corrected chi connectivity index (χ3v) is 3.70. The van der Waals surface area contributed by atoms with Crippen LogP contribution in [0.25, 0.3) is 0 Å². The molecule has 1 amide bonds. The maximum atomic E-state index is 13.0. The molecule has 0 aromatic heterocycles. The molecule has 0 saturated heterocycles. The largest absolute Gasteiger partial charge is 0.398 e. The fourth-order valence-electron chi connectivity index (χ4n) is 1.36. The highest BCUT2D eigenvalue weighted by Crippen LogP contribution is 2.17. The Morgan fingerprint density at radius 2 is 2.22 bits per heavy atom. The average Bonchev–Trinajstić information content (AvgIpc) is 2.32. The molecule has 1 unspecified atom stereocenters. The molecule has 1 atom stereocenters. The number of nitrogens with one attached hydrogen (secondary N) is 1. The van der Waals surface area contributed by atoms with Gasteiger partial charge in [-0.3, -0.25) is 9.00 Å². The monoisotopic (exact) mass is 272 g/mol. The molecule has 100 valence electrons. The Morgan fingerprint density at radius 3 is 2.89 bits per heavy atom. The topological polar surface area (TPSA) is 72.2 Å². The fraction of sp³-hybridized carbons (Fsp3) is 0.417. The number of carbonyl (C=O) groups excluding carboxylic acids is 1. The summed E-state index contributed by atoms with van der Waals surface area (Å²) in [6.07, 6.45) is 1.85. The van der Waals surface area contributed by atoms with Crippen LogP contribution < -0.4 is 11.1 Å². The van der Waals surface area contributed by atoms with Gasteiger partial charge in [0.1, 0.15) is 11.6 Å². The van der Waals surface area contributed by atoms with Gasteiger partial charge in [-0.05, 0) is 24.6 Å². The van der Waals surface area contributed by atoms with Crippen molar-refractivity contribution >= 4 is 22.4 Å². The van der Waals surface area contributed by atoms with E-state index in [-0.39, 0.29) is 22.2 Å². The molecule has 0 aliphatic rings. The van der Waals surface area contributed by atoms with Crippen LogP contribution in [0.1, 0.15) is 19.8 Å². The number of anilines is 1. The molecule has 0 aliphatic carbocycles. The van der Waals surface area contributed by atoms with Crippen LogP contribution in [0, 0.1) is 5.82 Å². The molecule has 0 saturated carbocycles. The van der Waals surface area contributed by atoms with Crippen molar-refractivity contribution in [1.29, 1.82) is 0 Å². The van der Waals surface area contributed by atoms with E-state index >= 15 is 0 Å². The van der Waals surface area contributed by atoms with E-state index in [0.29, 0.717) is 6.54 Å². The summed E-state index contributed by atoms with van der Waals surface area (Å²) in [5.74, 6) is -1.03. The number of nitrogen functional groups attached to an aromatic ring is 1. The zero-order valence-electron chi connectivity index (χ0n) is 10.2. The van der Waals surface area contributed by atoms with Gasteiger partial charge in [-0.25, -0.2) is 4.39 Å². The lowest BCUT2D eigenvalue weighted by Gasteiger charge is -2.06. The summed E-state index contributed by atoms with van der Waals surface area (Å²) >= 11 is 0. The SMILES string of the molecule is CCCCNC(=O)CS(=O)c1cc(F)ccc1N. The number of rotatable bonds is 6. The van der Waals surface area contributed by atoms with Gasteiger partial charge in [-0.1, -0.05) is 13.3 Å². The minimum absolute atomic E-state index is 0.167. The van der Waals surface area contributed by atoms with E-state index in [4.69, 9.17) is 5.73 Å². The van der Waals surface area contributed by atoms with Crippen molar-refractivity contribution in [2.45, 2.75) is 24.7 Å². The second-order valence-corrected chi connectivity index (χ2v) is 5.30. The van der Waals surface area contributed by atoms with Crippen molar-refractivity contribution in [3.8, 4) is 0 Å². The Hall–Kier alpha value is -1.43. The van der Waals surface area contributed by atoms with Crippen LogP contribution in [0.2, 0.25) is 0 Å². The molecule has 1 aromatic carbocycles. The molecule has 0 spiro atoms. The van der Waals surface area contributed by atoms with Gasteiger partial charge in [0.15, 0.2) is 0 Å². The van der Waals surface area contributed by atoms with Gasteiger partial charge < -0.3 is 11.1 Å². The molecular formula is C12H17FN2O2S. The first kappa shape index (κ1) is 14.6. The molecular weight excluding hydrogens is 255 g/mol. The highest BCUT2D eigenvalue weighted by atomic mass is 32.2. The first-order chi connectivity index (χ1) is 8.54. The highest BCUT2D eigenvalue weighted by molar-refractivity contribution is 7.86. The summed E-state index contributed by atoms with van der Waals surface area (Å²) in [5.41, 5.74) is 5.83. The number of amides is 1. The Bertz CT molecular complexity index is 452. The molecule has 0 aliphatic heterocycles. The molecule has 0 heterocycles. The van der Waals surface area contributed by atoms with Crippen molar-refractivity contribution in [2.24, 2.45) is 0 Å². The molecule has 0 bridgehead atoms. The van der Waals surface area contributed by atoms with E-state index in [9.17, 15) is 13.4 Å². The van der Waals surface area contributed by atoms with E-state index in [1.54, 1.807) is 0 Å². The molecule has 0 radical (unpaired) electrons. The van der Waals surface area contributed by atoms with Gasteiger partial charge >= 0.3 is 0 Å². The van der Waals surface area contributed by atoms with E-state index in [1.165, 1.54) is 12.1 Å². The number of unbranched alkanes of at least 4 members (excludes halogenated alkanes) is 1. The number of hydrogen-bond donors (Lipinski definition) is 2. The van der Waals surface area contributed by atoms with Gasteiger partial charge in [0.05, 0.1) is 15.7 Å². The predicted octanol–water partition coefficient (Wildman–Crippen LogP) is 1.43. The number of nitrogens with two attached hydrogens (primary N) is 1. The normalized spacial score (nSPS) is 12.1. The van der Waals surface area contributed by atoms with Crippen LogP contribution in [0.4, 0.5) is 10.1 Å². The minimum atomic E-state index is -1.62. The van der Waals surface area contributed by atoms with Crippen molar-refractivity contribution in [2.75, 3.05) is 18.0 Å². The lowest BCUT2D eigenvalue weighted by molar-refractivity contribution is -0.118. The van der Waals surface area contributed by atoms with Gasteiger partial charge in [-0.15, -0.1) is 0 Å². The zero-order valence-corrected chi connectivity index (χ0v) is 11.1. The zero-order chi connectivity index (χ0) is 13.5. The molecule has 1 rings (SSSR count). The second kappa shape index (κ2) is 7.10. The van der Waals surface area contributed by atoms with E-state index < -0.39 is 16.6 Å². The summed E-state index contributed by atoms with van der Waals surface area (Å²) in [6.45, 7) is 2.57. The van der Waals surface area contributed by atoms with Crippen molar-refractivity contribution < 1.29 is 13.4 Å². The van der Waals surface area contributed by atoms with Crippen LogP contribution in [-0.4, -0.2) is 22.4 Å². The smallest absolute Gasteiger partial charge is 0.233 e. The van der Waals surface area contributed by atoms with E-state index in [1.807, 2.05) is 6.92 Å². The van der Waals surface area contributed by atoms with Crippen LogP contribution in [0.5, 0.6) is 0 Å². The summed E-state index contributed by atoms with van der Waals surface area (Å²) in [4.78, 5) is 11.6. The second-order valence-electron chi connectivity index (χ2n) is 3.88. The number of hydrogen-bond acceptors (Lipinski definition) is 3. The number of benzene rings is 1.